The number of rotatable bonds is 2. The van der Waals surface area contributed by atoms with E-state index in [-0.39, 0.29) is 5.91 Å². The molecule has 1 aromatic rings. The Balaban J connectivity index is 2.22. The Bertz CT molecular complexity index is 411. The molecule has 2 rings (SSSR count). The topological polar surface area (TPSA) is 48.5 Å². The van der Waals surface area contributed by atoms with E-state index in [1.807, 2.05) is 36.0 Å². The molecule has 2 heterocycles. The van der Waals surface area contributed by atoms with Gasteiger partial charge in [0, 0.05) is 39.9 Å². The van der Waals surface area contributed by atoms with Gasteiger partial charge in [0.25, 0.3) is 5.91 Å². The molecule has 0 spiro atoms. The minimum Gasteiger partial charge on any atom is -0.362 e. The van der Waals surface area contributed by atoms with E-state index in [4.69, 9.17) is 0 Å². The minimum absolute atomic E-state index is 0.0792. The van der Waals surface area contributed by atoms with E-state index in [0.717, 1.165) is 38.4 Å². The maximum Gasteiger partial charge on any atom is 0.257 e. The lowest BCUT2D eigenvalue weighted by Gasteiger charge is -2.22. The number of carbonyl (C=O) groups is 1. The van der Waals surface area contributed by atoms with Crippen LogP contribution in [0.3, 0.4) is 0 Å². The average molecular weight is 248 g/mol. The zero-order valence-corrected chi connectivity index (χ0v) is 11.0. The van der Waals surface area contributed by atoms with Gasteiger partial charge in [-0.3, -0.25) is 4.79 Å². The second kappa shape index (κ2) is 5.82. The summed E-state index contributed by atoms with van der Waals surface area (Å²) in [5, 5.41) is 3.30. The summed E-state index contributed by atoms with van der Waals surface area (Å²) in [4.78, 5) is 20.6. The van der Waals surface area contributed by atoms with E-state index in [2.05, 4.69) is 10.3 Å². The molecule has 0 radical (unpaired) electrons. The molecule has 0 saturated carbocycles. The van der Waals surface area contributed by atoms with Gasteiger partial charge in [-0.15, -0.1) is 0 Å². The maximum atomic E-state index is 12.5. The van der Waals surface area contributed by atoms with Crippen LogP contribution in [-0.2, 0) is 0 Å². The third-order valence-corrected chi connectivity index (χ3v) is 3.07. The quantitative estimate of drug-likeness (QED) is 0.832. The van der Waals surface area contributed by atoms with Crippen molar-refractivity contribution >= 4 is 11.7 Å². The second-order valence-corrected chi connectivity index (χ2v) is 4.66. The van der Waals surface area contributed by atoms with E-state index in [1.54, 1.807) is 6.20 Å². The van der Waals surface area contributed by atoms with Gasteiger partial charge in [0.15, 0.2) is 0 Å². The van der Waals surface area contributed by atoms with Crippen LogP contribution in [0.2, 0.25) is 0 Å². The highest BCUT2D eigenvalue weighted by Crippen LogP contribution is 2.17. The lowest BCUT2D eigenvalue weighted by Crippen LogP contribution is -2.35. The highest BCUT2D eigenvalue weighted by Gasteiger charge is 2.20. The first-order chi connectivity index (χ1) is 8.70. The molecule has 0 atom stereocenters. The summed E-state index contributed by atoms with van der Waals surface area (Å²) in [7, 11) is 3.81. The molecule has 1 saturated heterocycles. The number of pyridine rings is 1. The first-order valence-corrected chi connectivity index (χ1v) is 6.32. The van der Waals surface area contributed by atoms with Crippen LogP contribution in [0.15, 0.2) is 18.3 Å². The summed E-state index contributed by atoms with van der Waals surface area (Å²) in [5.74, 6) is 0.815. The largest absolute Gasteiger partial charge is 0.362 e. The van der Waals surface area contributed by atoms with Gasteiger partial charge >= 0.3 is 0 Å². The molecule has 18 heavy (non-hydrogen) atoms. The molecular weight excluding hydrogens is 228 g/mol. The lowest BCUT2D eigenvalue weighted by atomic mass is 10.2. The maximum absolute atomic E-state index is 12.5. The van der Waals surface area contributed by atoms with Crippen molar-refractivity contribution in [2.75, 3.05) is 45.2 Å². The number of carbonyl (C=O) groups excluding carboxylic acids is 1. The van der Waals surface area contributed by atoms with Crippen molar-refractivity contribution in [3.63, 3.8) is 0 Å². The number of nitrogens with one attached hydrogen (secondary N) is 1. The third-order valence-electron chi connectivity index (χ3n) is 3.07. The van der Waals surface area contributed by atoms with Gasteiger partial charge in [-0.05, 0) is 25.1 Å². The van der Waals surface area contributed by atoms with Crippen molar-refractivity contribution in [2.24, 2.45) is 0 Å². The predicted octanol–water partition coefficient (Wildman–Crippen LogP) is 0.583. The number of hydrogen-bond donors (Lipinski definition) is 1. The number of nitrogens with zero attached hydrogens (tertiary/aromatic N) is 3. The lowest BCUT2D eigenvalue weighted by molar-refractivity contribution is 0.0766. The molecule has 0 aliphatic carbocycles. The van der Waals surface area contributed by atoms with Crippen LogP contribution in [0.4, 0.5) is 5.82 Å². The van der Waals surface area contributed by atoms with Crippen LogP contribution in [0.5, 0.6) is 0 Å². The van der Waals surface area contributed by atoms with Crippen LogP contribution in [0.25, 0.3) is 0 Å². The molecule has 5 nitrogen and oxygen atoms in total. The molecule has 0 aromatic carbocycles. The number of amides is 1. The highest BCUT2D eigenvalue weighted by molar-refractivity contribution is 5.98. The Morgan fingerprint density at radius 2 is 2.22 bits per heavy atom. The van der Waals surface area contributed by atoms with Gasteiger partial charge in [0.05, 0.1) is 5.56 Å². The second-order valence-electron chi connectivity index (χ2n) is 4.66. The van der Waals surface area contributed by atoms with Crippen LogP contribution in [-0.4, -0.2) is 56.1 Å². The van der Waals surface area contributed by atoms with Gasteiger partial charge in [0.2, 0.25) is 0 Å². The van der Waals surface area contributed by atoms with Crippen LogP contribution in [0, 0.1) is 0 Å². The molecule has 1 aliphatic heterocycles. The Morgan fingerprint density at radius 3 is 3.00 bits per heavy atom. The smallest absolute Gasteiger partial charge is 0.257 e. The van der Waals surface area contributed by atoms with Crippen molar-refractivity contribution in [3.8, 4) is 0 Å². The van der Waals surface area contributed by atoms with Gasteiger partial charge in [-0.2, -0.15) is 0 Å². The molecule has 1 aromatic heterocycles. The van der Waals surface area contributed by atoms with E-state index in [9.17, 15) is 4.79 Å². The monoisotopic (exact) mass is 248 g/mol. The molecule has 98 valence electrons. The Labute approximate surface area is 108 Å². The minimum atomic E-state index is 0.0792. The van der Waals surface area contributed by atoms with Crippen molar-refractivity contribution < 1.29 is 4.79 Å². The predicted molar refractivity (Wildman–Crippen MR) is 72.0 cm³/mol. The first kappa shape index (κ1) is 12.8. The van der Waals surface area contributed by atoms with E-state index in [1.165, 1.54) is 0 Å². The summed E-state index contributed by atoms with van der Waals surface area (Å²) in [6.07, 6.45) is 2.72. The van der Waals surface area contributed by atoms with E-state index in [0.29, 0.717) is 5.56 Å². The Morgan fingerprint density at radius 1 is 1.39 bits per heavy atom. The summed E-state index contributed by atoms with van der Waals surface area (Å²) in [6, 6.07) is 3.67. The Kier molecular flexibility index (Phi) is 4.15. The normalized spacial score (nSPS) is 16.2. The van der Waals surface area contributed by atoms with Crippen LogP contribution < -0.4 is 10.2 Å². The Hall–Kier alpha value is -1.62. The number of anilines is 1. The highest BCUT2D eigenvalue weighted by atomic mass is 16.2. The molecular formula is C13H20N4O. The van der Waals surface area contributed by atoms with Gasteiger partial charge < -0.3 is 15.1 Å². The van der Waals surface area contributed by atoms with Gasteiger partial charge in [-0.25, -0.2) is 4.98 Å². The first-order valence-electron chi connectivity index (χ1n) is 6.32. The molecule has 1 amide bonds. The van der Waals surface area contributed by atoms with E-state index < -0.39 is 0 Å². The van der Waals surface area contributed by atoms with Crippen LogP contribution >= 0.6 is 0 Å². The number of hydrogen-bond acceptors (Lipinski definition) is 4. The summed E-state index contributed by atoms with van der Waals surface area (Å²) in [6.45, 7) is 3.43. The fourth-order valence-corrected chi connectivity index (χ4v) is 2.14. The van der Waals surface area contributed by atoms with Crippen molar-refractivity contribution in [3.05, 3.63) is 23.9 Å². The van der Waals surface area contributed by atoms with Crippen molar-refractivity contribution in [2.45, 2.75) is 6.42 Å². The molecule has 1 N–H and O–H groups in total. The molecule has 0 unspecified atom stereocenters. The van der Waals surface area contributed by atoms with Gasteiger partial charge in [-0.1, -0.05) is 0 Å². The fraction of sp³-hybridized carbons (Fsp3) is 0.538. The van der Waals surface area contributed by atoms with Crippen molar-refractivity contribution in [1.82, 2.24) is 15.2 Å². The summed E-state index contributed by atoms with van der Waals surface area (Å²) >= 11 is 0. The summed E-state index contributed by atoms with van der Waals surface area (Å²) < 4.78 is 0. The molecule has 5 heteroatoms. The summed E-state index contributed by atoms with van der Waals surface area (Å²) in [5.41, 5.74) is 0.685. The van der Waals surface area contributed by atoms with Crippen LogP contribution in [0.1, 0.15) is 16.8 Å². The molecule has 0 bridgehead atoms. The molecule has 1 aliphatic rings. The van der Waals surface area contributed by atoms with Crippen molar-refractivity contribution in [1.29, 1.82) is 0 Å². The SMILES string of the molecule is CN(C)c1ncccc1C(=O)N1CCCNCC1. The zero-order valence-electron chi connectivity index (χ0n) is 11.0. The van der Waals surface area contributed by atoms with Gasteiger partial charge in [0.1, 0.15) is 5.82 Å². The molecule has 1 fully saturated rings. The fourth-order valence-electron chi connectivity index (χ4n) is 2.14. The standard InChI is InChI=1S/C13H20N4O/c1-16(2)12-11(5-3-7-15-12)13(18)17-9-4-6-14-8-10-17/h3,5,7,14H,4,6,8-10H2,1-2H3. The third kappa shape index (κ3) is 2.79. The average Bonchev–Trinajstić information content (AvgIpc) is 2.66. The number of aromatic nitrogens is 1. The zero-order chi connectivity index (χ0) is 13.0. The van der Waals surface area contributed by atoms with E-state index >= 15 is 0 Å².